The molecule has 0 radical (unpaired) electrons. The summed E-state index contributed by atoms with van der Waals surface area (Å²) in [7, 11) is 0. The van der Waals surface area contributed by atoms with Gasteiger partial charge >= 0.3 is 0 Å². The van der Waals surface area contributed by atoms with Crippen LogP contribution in [0.4, 0.5) is 5.69 Å². The zero-order valence-corrected chi connectivity index (χ0v) is 8.73. The van der Waals surface area contributed by atoms with Crippen LogP contribution in [-0.2, 0) is 0 Å². The first kappa shape index (κ1) is 8.95. The largest absolute Gasteiger partial charge is 0.381 e. The van der Waals surface area contributed by atoms with Gasteiger partial charge in [-0.1, -0.05) is 12.1 Å². The first-order chi connectivity index (χ1) is 6.34. The van der Waals surface area contributed by atoms with Crippen LogP contribution in [-0.4, -0.2) is 17.5 Å². The molecule has 1 nitrogen and oxygen atoms in total. The van der Waals surface area contributed by atoms with Crippen LogP contribution in [0, 0.1) is 6.92 Å². The third-order valence-electron chi connectivity index (χ3n) is 2.32. The van der Waals surface area contributed by atoms with Gasteiger partial charge in [-0.05, 0) is 36.8 Å². The van der Waals surface area contributed by atoms with Crippen molar-refractivity contribution in [3.05, 3.63) is 29.8 Å². The number of benzene rings is 1. The minimum absolute atomic E-state index is 0.687. The summed E-state index contributed by atoms with van der Waals surface area (Å²) >= 11 is 2.04. The van der Waals surface area contributed by atoms with E-state index in [1.54, 1.807) is 0 Å². The fourth-order valence-corrected chi connectivity index (χ4v) is 2.77. The minimum Gasteiger partial charge on any atom is -0.381 e. The van der Waals surface area contributed by atoms with Gasteiger partial charge < -0.3 is 5.32 Å². The first-order valence-corrected chi connectivity index (χ1v) is 5.91. The Morgan fingerprint density at radius 1 is 1.46 bits per heavy atom. The first-order valence-electron chi connectivity index (χ1n) is 4.75. The minimum atomic E-state index is 0.687. The van der Waals surface area contributed by atoms with Crippen molar-refractivity contribution in [2.75, 3.05) is 16.8 Å². The van der Waals surface area contributed by atoms with E-state index in [9.17, 15) is 0 Å². The van der Waals surface area contributed by atoms with E-state index in [0.717, 1.165) is 0 Å². The Morgan fingerprint density at radius 3 is 3.08 bits per heavy atom. The topological polar surface area (TPSA) is 12.0 Å². The van der Waals surface area contributed by atoms with Crippen molar-refractivity contribution >= 4 is 17.4 Å². The van der Waals surface area contributed by atoms with Gasteiger partial charge in [0.05, 0.1) is 0 Å². The van der Waals surface area contributed by atoms with E-state index in [4.69, 9.17) is 0 Å². The lowest BCUT2D eigenvalue weighted by molar-refractivity contribution is 0.813. The number of hydrogen-bond donors (Lipinski definition) is 1. The fraction of sp³-hybridized carbons (Fsp3) is 0.455. The summed E-state index contributed by atoms with van der Waals surface area (Å²) in [6.07, 6.45) is 1.30. The van der Waals surface area contributed by atoms with Gasteiger partial charge in [0.25, 0.3) is 0 Å². The summed E-state index contributed by atoms with van der Waals surface area (Å²) in [4.78, 5) is 0. The molecule has 0 amide bonds. The highest BCUT2D eigenvalue weighted by Gasteiger charge is 2.14. The van der Waals surface area contributed by atoms with Crippen LogP contribution < -0.4 is 5.32 Å². The summed E-state index contributed by atoms with van der Waals surface area (Å²) < 4.78 is 0. The molecular weight excluding hydrogens is 178 g/mol. The van der Waals surface area contributed by atoms with Crippen LogP contribution in [0.5, 0.6) is 0 Å². The van der Waals surface area contributed by atoms with E-state index in [1.807, 2.05) is 11.8 Å². The zero-order valence-electron chi connectivity index (χ0n) is 7.92. The third-order valence-corrected chi connectivity index (χ3v) is 3.48. The quantitative estimate of drug-likeness (QED) is 0.775. The lowest BCUT2D eigenvalue weighted by Crippen LogP contribution is -2.17. The average molecular weight is 193 g/mol. The molecule has 0 saturated carbocycles. The normalized spacial score (nSPS) is 21.8. The molecule has 0 aromatic heterocycles. The molecule has 1 fully saturated rings. The van der Waals surface area contributed by atoms with Gasteiger partial charge in [-0.3, -0.25) is 0 Å². The molecule has 1 heterocycles. The van der Waals surface area contributed by atoms with Gasteiger partial charge in [0, 0.05) is 17.5 Å². The molecule has 1 atom stereocenters. The summed E-state index contributed by atoms with van der Waals surface area (Å²) in [5.41, 5.74) is 2.60. The van der Waals surface area contributed by atoms with Crippen molar-refractivity contribution in [2.45, 2.75) is 19.4 Å². The maximum absolute atomic E-state index is 3.56. The van der Waals surface area contributed by atoms with Crippen LogP contribution in [0.15, 0.2) is 24.3 Å². The Kier molecular flexibility index (Phi) is 2.79. The van der Waals surface area contributed by atoms with Crippen molar-refractivity contribution < 1.29 is 0 Å². The molecular formula is C11H15NS. The van der Waals surface area contributed by atoms with Crippen LogP contribution in [0.25, 0.3) is 0 Å². The van der Waals surface area contributed by atoms with Gasteiger partial charge in [-0.2, -0.15) is 11.8 Å². The fourth-order valence-electron chi connectivity index (χ4n) is 1.62. The smallest absolute Gasteiger partial charge is 0.0359 e. The molecule has 0 aliphatic carbocycles. The zero-order chi connectivity index (χ0) is 9.10. The molecule has 1 aromatic rings. The summed E-state index contributed by atoms with van der Waals surface area (Å²) in [6.45, 7) is 2.13. The Bertz CT molecular complexity index is 279. The van der Waals surface area contributed by atoms with Crippen LogP contribution in [0.2, 0.25) is 0 Å². The second-order valence-corrected chi connectivity index (χ2v) is 4.72. The van der Waals surface area contributed by atoms with Gasteiger partial charge in [0.15, 0.2) is 0 Å². The van der Waals surface area contributed by atoms with Crippen LogP contribution >= 0.6 is 11.8 Å². The highest BCUT2D eigenvalue weighted by molar-refractivity contribution is 7.99. The van der Waals surface area contributed by atoms with E-state index < -0.39 is 0 Å². The molecule has 1 aliphatic heterocycles. The van der Waals surface area contributed by atoms with E-state index >= 15 is 0 Å². The maximum Gasteiger partial charge on any atom is 0.0359 e. The Hall–Kier alpha value is -0.630. The molecule has 2 rings (SSSR count). The number of thioether (sulfide) groups is 1. The second-order valence-electron chi connectivity index (χ2n) is 3.57. The molecule has 1 unspecified atom stereocenters. The molecule has 70 valence electrons. The summed E-state index contributed by atoms with van der Waals surface area (Å²) in [5.74, 6) is 2.57. The number of hydrogen-bond acceptors (Lipinski definition) is 2. The highest BCUT2D eigenvalue weighted by Crippen LogP contribution is 2.21. The number of rotatable bonds is 2. The third kappa shape index (κ3) is 2.41. The maximum atomic E-state index is 3.56. The average Bonchev–Trinajstić information content (AvgIpc) is 2.57. The van der Waals surface area contributed by atoms with Gasteiger partial charge in [-0.15, -0.1) is 0 Å². The number of aryl methyl sites for hydroxylation is 1. The Labute approximate surface area is 83.9 Å². The molecule has 0 bridgehead atoms. The van der Waals surface area contributed by atoms with Crippen LogP contribution in [0.1, 0.15) is 12.0 Å². The molecule has 2 heteroatoms. The molecule has 1 N–H and O–H groups in total. The van der Waals surface area contributed by atoms with Crippen molar-refractivity contribution in [3.63, 3.8) is 0 Å². The molecule has 13 heavy (non-hydrogen) atoms. The summed E-state index contributed by atoms with van der Waals surface area (Å²) in [6, 6.07) is 9.29. The monoisotopic (exact) mass is 193 g/mol. The van der Waals surface area contributed by atoms with Gasteiger partial charge in [-0.25, -0.2) is 0 Å². The Balaban J connectivity index is 2.00. The number of anilines is 1. The standard InChI is InChI=1S/C11H15NS/c1-9-3-2-4-10(7-9)12-11-5-6-13-8-11/h2-4,7,11-12H,5-6,8H2,1H3. The van der Waals surface area contributed by atoms with Gasteiger partial charge in [0.1, 0.15) is 0 Å². The highest BCUT2D eigenvalue weighted by atomic mass is 32.2. The van der Waals surface area contributed by atoms with E-state index in [0.29, 0.717) is 6.04 Å². The molecule has 1 aliphatic rings. The predicted molar refractivity (Wildman–Crippen MR) is 60.5 cm³/mol. The van der Waals surface area contributed by atoms with Gasteiger partial charge in [0.2, 0.25) is 0 Å². The van der Waals surface area contributed by atoms with Crippen molar-refractivity contribution in [3.8, 4) is 0 Å². The Morgan fingerprint density at radius 2 is 2.38 bits per heavy atom. The molecule has 1 aromatic carbocycles. The van der Waals surface area contributed by atoms with E-state index in [2.05, 4.69) is 36.5 Å². The van der Waals surface area contributed by atoms with Crippen molar-refractivity contribution in [1.82, 2.24) is 0 Å². The molecule has 0 spiro atoms. The summed E-state index contributed by atoms with van der Waals surface area (Å²) in [5, 5.41) is 3.56. The predicted octanol–water partition coefficient (Wildman–Crippen LogP) is 2.91. The van der Waals surface area contributed by atoms with Crippen LogP contribution in [0.3, 0.4) is 0 Å². The second kappa shape index (κ2) is 4.05. The van der Waals surface area contributed by atoms with E-state index in [-0.39, 0.29) is 0 Å². The molecule has 1 saturated heterocycles. The lowest BCUT2D eigenvalue weighted by Gasteiger charge is -2.12. The van der Waals surface area contributed by atoms with Crippen molar-refractivity contribution in [1.29, 1.82) is 0 Å². The lowest BCUT2D eigenvalue weighted by atomic mass is 10.2. The van der Waals surface area contributed by atoms with Crippen molar-refractivity contribution in [2.24, 2.45) is 0 Å². The van der Waals surface area contributed by atoms with E-state index in [1.165, 1.54) is 29.2 Å². The SMILES string of the molecule is Cc1cccc(NC2CCSC2)c1. The number of nitrogens with one attached hydrogen (secondary N) is 1.